The van der Waals surface area contributed by atoms with Crippen LogP contribution < -0.4 is 5.32 Å². The Kier molecular flexibility index (Phi) is 5.63. The third kappa shape index (κ3) is 3.91. The van der Waals surface area contributed by atoms with E-state index in [0.29, 0.717) is 6.04 Å². The van der Waals surface area contributed by atoms with Gasteiger partial charge in [-0.2, -0.15) is 0 Å². The number of hydrogen-bond acceptors (Lipinski definition) is 2. The van der Waals surface area contributed by atoms with Crippen LogP contribution in [0.5, 0.6) is 0 Å². The molecule has 4 heteroatoms. The Bertz CT molecular complexity index is 551. The van der Waals surface area contributed by atoms with Gasteiger partial charge in [0.1, 0.15) is 0 Å². The van der Waals surface area contributed by atoms with Crippen LogP contribution in [0.25, 0.3) is 0 Å². The van der Waals surface area contributed by atoms with Crippen molar-refractivity contribution in [1.29, 1.82) is 0 Å². The Morgan fingerprint density at radius 1 is 1.21 bits per heavy atom. The Morgan fingerprint density at radius 3 is 2.58 bits per heavy atom. The van der Waals surface area contributed by atoms with Crippen LogP contribution >= 0.6 is 43.2 Å². The Morgan fingerprint density at radius 2 is 2.00 bits per heavy atom. The highest BCUT2D eigenvalue weighted by atomic mass is 79.9. The molecule has 1 aromatic carbocycles. The third-order valence-corrected chi connectivity index (χ3v) is 5.93. The predicted octanol–water partition coefficient (Wildman–Crippen LogP) is 5.47. The second kappa shape index (κ2) is 7.02. The van der Waals surface area contributed by atoms with E-state index in [1.807, 2.05) is 11.3 Å². The zero-order valence-corrected chi connectivity index (χ0v) is 15.0. The fourth-order valence-electron chi connectivity index (χ4n) is 2.04. The first kappa shape index (κ1) is 15.2. The lowest BCUT2D eigenvalue weighted by molar-refractivity contribution is 0.552. The van der Waals surface area contributed by atoms with Crippen molar-refractivity contribution < 1.29 is 0 Å². The Balaban J connectivity index is 2.24. The summed E-state index contributed by atoms with van der Waals surface area (Å²) in [5.41, 5.74) is 2.61. The monoisotopic (exact) mass is 401 g/mol. The van der Waals surface area contributed by atoms with E-state index in [9.17, 15) is 0 Å². The summed E-state index contributed by atoms with van der Waals surface area (Å²) in [7, 11) is 0. The van der Waals surface area contributed by atoms with Gasteiger partial charge in [-0.05, 0) is 58.0 Å². The molecule has 0 aliphatic carbocycles. The number of thiophene rings is 1. The lowest BCUT2D eigenvalue weighted by Gasteiger charge is -2.19. The molecule has 1 heterocycles. The van der Waals surface area contributed by atoms with Crippen LogP contribution in [-0.4, -0.2) is 6.54 Å². The molecule has 1 unspecified atom stereocenters. The van der Waals surface area contributed by atoms with Gasteiger partial charge >= 0.3 is 0 Å². The van der Waals surface area contributed by atoms with Crippen molar-refractivity contribution in [2.24, 2.45) is 0 Å². The normalized spacial score (nSPS) is 12.6. The highest BCUT2D eigenvalue weighted by Crippen LogP contribution is 2.29. The second-order valence-corrected chi connectivity index (χ2v) is 7.22. The molecule has 1 N–H and O–H groups in total. The van der Waals surface area contributed by atoms with E-state index in [2.05, 4.69) is 80.7 Å². The van der Waals surface area contributed by atoms with Crippen molar-refractivity contribution in [3.05, 3.63) is 54.6 Å². The molecule has 2 rings (SSSR count). The van der Waals surface area contributed by atoms with Gasteiger partial charge in [0.05, 0.1) is 0 Å². The van der Waals surface area contributed by atoms with Crippen molar-refractivity contribution in [1.82, 2.24) is 5.32 Å². The first-order chi connectivity index (χ1) is 9.11. The molecule has 0 fully saturated rings. The quantitative estimate of drug-likeness (QED) is 0.698. The van der Waals surface area contributed by atoms with Gasteiger partial charge in [0.2, 0.25) is 0 Å². The van der Waals surface area contributed by atoms with Crippen LogP contribution in [0, 0.1) is 6.92 Å². The average Bonchev–Trinajstić information content (AvgIpc) is 2.78. The number of halogens is 2. The minimum atomic E-state index is 0.358. The summed E-state index contributed by atoms with van der Waals surface area (Å²) in [5, 5.41) is 5.71. The van der Waals surface area contributed by atoms with Crippen molar-refractivity contribution in [2.45, 2.75) is 26.3 Å². The highest BCUT2D eigenvalue weighted by Gasteiger charge is 2.14. The van der Waals surface area contributed by atoms with Crippen molar-refractivity contribution in [3.8, 4) is 0 Å². The van der Waals surface area contributed by atoms with Crippen LogP contribution in [-0.2, 0) is 6.42 Å². The molecular weight excluding hydrogens is 386 g/mol. The molecule has 0 spiro atoms. The topological polar surface area (TPSA) is 12.0 Å². The van der Waals surface area contributed by atoms with E-state index in [-0.39, 0.29) is 0 Å². The van der Waals surface area contributed by atoms with Crippen molar-refractivity contribution in [2.75, 3.05) is 6.54 Å². The van der Waals surface area contributed by atoms with Crippen LogP contribution in [0.15, 0.2) is 38.6 Å². The van der Waals surface area contributed by atoms with E-state index in [4.69, 9.17) is 0 Å². The summed E-state index contributed by atoms with van der Waals surface area (Å²) in [6.07, 6.45) is 1.02. The fourth-order valence-corrected chi connectivity index (χ4v) is 3.99. The Hall–Kier alpha value is -0.160. The van der Waals surface area contributed by atoms with Gasteiger partial charge in [0.25, 0.3) is 0 Å². The maximum Gasteiger partial charge on any atom is 0.0369 e. The van der Waals surface area contributed by atoms with Crippen molar-refractivity contribution in [3.63, 3.8) is 0 Å². The van der Waals surface area contributed by atoms with Crippen molar-refractivity contribution >= 4 is 43.2 Å². The largest absolute Gasteiger partial charge is 0.310 e. The molecule has 0 saturated heterocycles. The lowest BCUT2D eigenvalue weighted by atomic mass is 10.0. The van der Waals surface area contributed by atoms with Gasteiger partial charge in [-0.1, -0.05) is 35.0 Å². The molecule has 2 aromatic rings. The van der Waals surface area contributed by atoms with Gasteiger partial charge < -0.3 is 5.32 Å². The summed E-state index contributed by atoms with van der Waals surface area (Å²) < 4.78 is 2.39. The van der Waals surface area contributed by atoms with Gasteiger partial charge in [-0.15, -0.1) is 11.3 Å². The first-order valence-electron chi connectivity index (χ1n) is 6.33. The summed E-state index contributed by atoms with van der Waals surface area (Å²) in [5.74, 6) is 0. The van der Waals surface area contributed by atoms with Gasteiger partial charge in [-0.3, -0.25) is 0 Å². The molecule has 19 heavy (non-hydrogen) atoms. The molecule has 0 radical (unpaired) electrons. The number of rotatable bonds is 5. The number of hydrogen-bond donors (Lipinski definition) is 1. The maximum atomic E-state index is 3.62. The predicted molar refractivity (Wildman–Crippen MR) is 91.0 cm³/mol. The molecule has 102 valence electrons. The molecule has 0 saturated carbocycles. The molecule has 0 aliphatic rings. The minimum Gasteiger partial charge on any atom is -0.310 e. The van der Waals surface area contributed by atoms with Gasteiger partial charge in [-0.25, -0.2) is 0 Å². The van der Waals surface area contributed by atoms with Gasteiger partial charge in [0.15, 0.2) is 0 Å². The molecular formula is C15H17Br2NS. The summed E-state index contributed by atoms with van der Waals surface area (Å²) >= 11 is 9.05. The molecule has 0 amide bonds. The van der Waals surface area contributed by atoms with Crippen LogP contribution in [0.1, 0.15) is 29.0 Å². The lowest BCUT2D eigenvalue weighted by Crippen LogP contribution is -2.22. The third-order valence-electron chi connectivity index (χ3n) is 3.13. The number of likely N-dealkylation sites (N-methyl/N-ethyl adjacent to an activating group) is 1. The first-order valence-corrected chi connectivity index (χ1v) is 8.79. The van der Waals surface area contributed by atoms with E-state index in [0.717, 1.165) is 13.0 Å². The SMILES string of the molecule is CCNC(Cc1sccc1Br)c1ccc(C)c(Br)c1. The van der Waals surface area contributed by atoms with Crippen LogP contribution in [0.2, 0.25) is 0 Å². The summed E-state index contributed by atoms with van der Waals surface area (Å²) in [6.45, 7) is 5.24. The van der Waals surface area contributed by atoms with Crippen LogP contribution in [0.4, 0.5) is 0 Å². The maximum absolute atomic E-state index is 3.62. The van der Waals surface area contributed by atoms with E-state index in [1.165, 1.54) is 24.9 Å². The van der Waals surface area contributed by atoms with Crippen LogP contribution in [0.3, 0.4) is 0 Å². The standard InChI is InChI=1S/C15H17Br2NS/c1-3-18-14(9-15-12(16)6-7-19-15)11-5-4-10(2)13(17)8-11/h4-8,14,18H,3,9H2,1-2H3. The molecule has 1 aromatic heterocycles. The van der Waals surface area contributed by atoms with Gasteiger partial charge in [0, 0.05) is 26.3 Å². The highest BCUT2D eigenvalue weighted by molar-refractivity contribution is 9.10. The summed E-state index contributed by atoms with van der Waals surface area (Å²) in [4.78, 5) is 1.39. The zero-order chi connectivity index (χ0) is 13.8. The smallest absolute Gasteiger partial charge is 0.0369 e. The molecule has 1 atom stereocenters. The van der Waals surface area contributed by atoms with E-state index in [1.54, 1.807) is 0 Å². The van der Waals surface area contributed by atoms with E-state index < -0.39 is 0 Å². The fraction of sp³-hybridized carbons (Fsp3) is 0.333. The number of aryl methyl sites for hydroxylation is 1. The molecule has 0 aliphatic heterocycles. The number of nitrogens with one attached hydrogen (secondary N) is 1. The molecule has 0 bridgehead atoms. The minimum absolute atomic E-state index is 0.358. The second-order valence-electron chi connectivity index (χ2n) is 4.51. The average molecular weight is 403 g/mol. The van der Waals surface area contributed by atoms with E-state index >= 15 is 0 Å². The number of benzene rings is 1. The Labute approximate surface area is 135 Å². The summed E-state index contributed by atoms with van der Waals surface area (Å²) in [6, 6.07) is 9.09. The molecule has 1 nitrogen and oxygen atoms in total. The zero-order valence-electron chi connectivity index (χ0n) is 11.0.